The summed E-state index contributed by atoms with van der Waals surface area (Å²) in [7, 11) is 2.06. The maximum atomic E-state index is 5.20. The zero-order valence-electron chi connectivity index (χ0n) is 10.0. The number of aryl methyl sites for hydroxylation is 1. The maximum absolute atomic E-state index is 5.20. The molecule has 0 spiro atoms. The Balaban J connectivity index is 2.61. The zero-order chi connectivity index (χ0) is 11.8. The van der Waals surface area contributed by atoms with Gasteiger partial charge in [-0.2, -0.15) is 0 Å². The standard InChI is InChI=1S/C13H18N2O/c1-13(2,9-16-14)11-8-15(3)12-7-5-4-6-10(11)12/h4-8H,9,14H2,1-3H3. The minimum Gasteiger partial charge on any atom is -0.350 e. The highest BCUT2D eigenvalue weighted by Gasteiger charge is 2.24. The average Bonchev–Trinajstić information content (AvgIpc) is 2.58. The molecule has 3 heteroatoms. The number of rotatable bonds is 3. The third-order valence-electron chi connectivity index (χ3n) is 3.07. The molecule has 1 aromatic heterocycles. The van der Waals surface area contributed by atoms with Gasteiger partial charge in [-0.1, -0.05) is 32.0 Å². The second-order valence-corrected chi connectivity index (χ2v) is 4.87. The molecule has 86 valence electrons. The van der Waals surface area contributed by atoms with E-state index in [1.54, 1.807) is 0 Å². The third kappa shape index (κ3) is 1.72. The van der Waals surface area contributed by atoms with Crippen molar-refractivity contribution < 1.29 is 4.84 Å². The fourth-order valence-electron chi connectivity index (χ4n) is 2.17. The molecule has 0 aliphatic rings. The SMILES string of the molecule is Cn1cc(C(C)(C)CON)c2ccccc21. The van der Waals surface area contributed by atoms with E-state index in [1.807, 2.05) is 0 Å². The summed E-state index contributed by atoms with van der Waals surface area (Å²) in [6.45, 7) is 4.80. The Kier molecular flexibility index (Phi) is 2.74. The van der Waals surface area contributed by atoms with Crippen molar-refractivity contribution in [1.82, 2.24) is 4.57 Å². The summed E-state index contributed by atoms with van der Waals surface area (Å²) >= 11 is 0. The van der Waals surface area contributed by atoms with Crippen LogP contribution in [0.15, 0.2) is 30.5 Å². The Morgan fingerprint density at radius 2 is 2.00 bits per heavy atom. The van der Waals surface area contributed by atoms with Crippen LogP contribution in [0.4, 0.5) is 0 Å². The summed E-state index contributed by atoms with van der Waals surface area (Å²) in [6.07, 6.45) is 2.16. The van der Waals surface area contributed by atoms with Crippen LogP contribution >= 0.6 is 0 Å². The molecular weight excluding hydrogens is 200 g/mol. The molecule has 0 atom stereocenters. The molecule has 3 nitrogen and oxygen atoms in total. The Morgan fingerprint density at radius 1 is 1.31 bits per heavy atom. The van der Waals surface area contributed by atoms with Gasteiger partial charge in [0, 0.05) is 29.6 Å². The molecular formula is C13H18N2O. The summed E-state index contributed by atoms with van der Waals surface area (Å²) in [6, 6.07) is 8.38. The van der Waals surface area contributed by atoms with Crippen LogP contribution in [0.5, 0.6) is 0 Å². The first-order chi connectivity index (χ1) is 7.56. The molecule has 0 aliphatic heterocycles. The van der Waals surface area contributed by atoms with E-state index in [0.29, 0.717) is 6.61 Å². The van der Waals surface area contributed by atoms with Crippen LogP contribution < -0.4 is 5.90 Å². The normalized spacial score (nSPS) is 12.2. The second kappa shape index (κ2) is 3.92. The number of hydrogen-bond acceptors (Lipinski definition) is 2. The fraction of sp³-hybridized carbons (Fsp3) is 0.385. The highest BCUT2D eigenvalue weighted by atomic mass is 16.6. The fourth-order valence-corrected chi connectivity index (χ4v) is 2.17. The number of hydrogen-bond donors (Lipinski definition) is 1. The van der Waals surface area contributed by atoms with Crippen molar-refractivity contribution in [3.63, 3.8) is 0 Å². The highest BCUT2D eigenvalue weighted by Crippen LogP contribution is 2.31. The number of fused-ring (bicyclic) bond motifs is 1. The van der Waals surface area contributed by atoms with Crippen LogP contribution in [0.3, 0.4) is 0 Å². The van der Waals surface area contributed by atoms with Gasteiger partial charge in [-0.15, -0.1) is 0 Å². The quantitative estimate of drug-likeness (QED) is 0.803. The van der Waals surface area contributed by atoms with Crippen LogP contribution in [0.2, 0.25) is 0 Å². The minimum absolute atomic E-state index is 0.0738. The lowest BCUT2D eigenvalue weighted by Crippen LogP contribution is -2.25. The number of para-hydroxylation sites is 1. The average molecular weight is 218 g/mol. The Morgan fingerprint density at radius 3 is 2.69 bits per heavy atom. The summed E-state index contributed by atoms with van der Waals surface area (Å²) in [5.74, 6) is 5.20. The van der Waals surface area contributed by atoms with Crippen molar-refractivity contribution in [1.29, 1.82) is 0 Å². The summed E-state index contributed by atoms with van der Waals surface area (Å²) in [4.78, 5) is 4.81. The second-order valence-electron chi connectivity index (χ2n) is 4.87. The van der Waals surface area contributed by atoms with E-state index >= 15 is 0 Å². The topological polar surface area (TPSA) is 40.2 Å². The molecule has 0 unspecified atom stereocenters. The number of nitrogens with zero attached hydrogens (tertiary/aromatic N) is 1. The summed E-state index contributed by atoms with van der Waals surface area (Å²) in [5.41, 5.74) is 2.44. The van der Waals surface area contributed by atoms with Gasteiger partial charge in [0.15, 0.2) is 0 Å². The molecule has 16 heavy (non-hydrogen) atoms. The van der Waals surface area contributed by atoms with E-state index in [1.165, 1.54) is 16.5 Å². The molecule has 0 saturated carbocycles. The van der Waals surface area contributed by atoms with Crippen LogP contribution in [0.25, 0.3) is 10.9 Å². The van der Waals surface area contributed by atoms with Crippen molar-refractivity contribution in [3.8, 4) is 0 Å². The Labute approximate surface area is 95.8 Å². The number of aromatic nitrogens is 1. The number of benzene rings is 1. The van der Waals surface area contributed by atoms with Crippen molar-refractivity contribution in [2.75, 3.05) is 6.61 Å². The van der Waals surface area contributed by atoms with Gasteiger partial charge in [0.05, 0.1) is 6.61 Å². The zero-order valence-corrected chi connectivity index (χ0v) is 10.0. The lowest BCUT2D eigenvalue weighted by Gasteiger charge is -2.22. The first-order valence-corrected chi connectivity index (χ1v) is 5.42. The highest BCUT2D eigenvalue weighted by molar-refractivity contribution is 5.84. The van der Waals surface area contributed by atoms with Crippen molar-refractivity contribution in [3.05, 3.63) is 36.0 Å². The van der Waals surface area contributed by atoms with Gasteiger partial charge in [0.1, 0.15) is 0 Å². The lowest BCUT2D eigenvalue weighted by atomic mass is 9.85. The summed E-state index contributed by atoms with van der Waals surface area (Å²) < 4.78 is 2.14. The third-order valence-corrected chi connectivity index (χ3v) is 3.07. The van der Waals surface area contributed by atoms with Crippen molar-refractivity contribution >= 4 is 10.9 Å². The van der Waals surface area contributed by atoms with Gasteiger partial charge in [0.25, 0.3) is 0 Å². The Hall–Kier alpha value is -1.32. The van der Waals surface area contributed by atoms with E-state index in [9.17, 15) is 0 Å². The molecule has 1 aromatic carbocycles. The lowest BCUT2D eigenvalue weighted by molar-refractivity contribution is 0.0968. The van der Waals surface area contributed by atoms with E-state index in [2.05, 4.69) is 55.9 Å². The molecule has 2 N–H and O–H groups in total. The van der Waals surface area contributed by atoms with Crippen molar-refractivity contribution in [2.24, 2.45) is 12.9 Å². The molecule has 1 heterocycles. The number of nitrogens with two attached hydrogens (primary N) is 1. The van der Waals surface area contributed by atoms with Gasteiger partial charge < -0.3 is 9.40 Å². The molecule has 0 bridgehead atoms. The van der Waals surface area contributed by atoms with Crippen LogP contribution in [-0.2, 0) is 17.3 Å². The molecule has 2 aromatic rings. The largest absolute Gasteiger partial charge is 0.350 e. The van der Waals surface area contributed by atoms with Gasteiger partial charge in [0.2, 0.25) is 0 Å². The van der Waals surface area contributed by atoms with Crippen molar-refractivity contribution in [2.45, 2.75) is 19.3 Å². The molecule has 0 aliphatic carbocycles. The van der Waals surface area contributed by atoms with Gasteiger partial charge in [-0.25, -0.2) is 5.90 Å². The van der Waals surface area contributed by atoms with Crippen LogP contribution in [0.1, 0.15) is 19.4 Å². The molecule has 2 rings (SSSR count). The molecule has 0 amide bonds. The molecule has 0 radical (unpaired) electrons. The molecule has 0 fully saturated rings. The van der Waals surface area contributed by atoms with E-state index in [4.69, 9.17) is 10.7 Å². The van der Waals surface area contributed by atoms with Gasteiger partial charge >= 0.3 is 0 Å². The van der Waals surface area contributed by atoms with Crippen LogP contribution in [0, 0.1) is 0 Å². The first kappa shape index (κ1) is 11.2. The Bertz CT molecular complexity index is 500. The van der Waals surface area contributed by atoms with E-state index in [0.717, 1.165) is 0 Å². The predicted octanol–water partition coefficient (Wildman–Crippen LogP) is 2.35. The smallest absolute Gasteiger partial charge is 0.0771 e. The first-order valence-electron chi connectivity index (χ1n) is 5.42. The van der Waals surface area contributed by atoms with E-state index in [-0.39, 0.29) is 5.41 Å². The summed E-state index contributed by atoms with van der Waals surface area (Å²) in [5, 5.41) is 1.27. The maximum Gasteiger partial charge on any atom is 0.0771 e. The monoisotopic (exact) mass is 218 g/mol. The van der Waals surface area contributed by atoms with E-state index < -0.39 is 0 Å². The van der Waals surface area contributed by atoms with Crippen LogP contribution in [-0.4, -0.2) is 11.2 Å². The molecule has 0 saturated heterocycles. The van der Waals surface area contributed by atoms with Gasteiger partial charge in [-0.3, -0.25) is 0 Å². The predicted molar refractivity (Wildman–Crippen MR) is 66.1 cm³/mol. The minimum atomic E-state index is -0.0738. The van der Waals surface area contributed by atoms with Gasteiger partial charge in [-0.05, 0) is 11.6 Å².